The van der Waals surface area contributed by atoms with E-state index in [1.807, 2.05) is 62.4 Å². The molecule has 0 aliphatic carbocycles. The van der Waals surface area contributed by atoms with E-state index in [1.54, 1.807) is 4.90 Å². The van der Waals surface area contributed by atoms with Gasteiger partial charge in [0.05, 0.1) is 12.0 Å². The van der Waals surface area contributed by atoms with E-state index >= 15 is 0 Å². The Bertz CT molecular complexity index is 909. The average molecular weight is 360 g/mol. The first kappa shape index (κ1) is 20.4. The van der Waals surface area contributed by atoms with Crippen LogP contribution in [0.5, 0.6) is 0 Å². The van der Waals surface area contributed by atoms with Gasteiger partial charge in [0.25, 0.3) is 0 Å². The molecule has 3 aromatic carbocycles. The molecule has 140 valence electrons. The van der Waals surface area contributed by atoms with Crippen LogP contribution in [0, 0.1) is 10.8 Å². The second-order valence-electron chi connectivity index (χ2n) is 6.24. The molecular formula is C24H29N3. The van der Waals surface area contributed by atoms with E-state index in [2.05, 4.69) is 32.0 Å². The minimum Gasteiger partial charge on any atom is -0.291 e. The number of anilines is 1. The Morgan fingerprint density at radius 2 is 1.59 bits per heavy atom. The topological polar surface area (TPSA) is 50.9 Å². The Kier molecular flexibility index (Phi) is 7.30. The summed E-state index contributed by atoms with van der Waals surface area (Å²) in [6, 6.07) is 22.1. The van der Waals surface area contributed by atoms with Crippen LogP contribution in [0.15, 0.2) is 66.7 Å². The molecule has 27 heavy (non-hydrogen) atoms. The number of fused-ring (bicyclic) bond motifs is 1. The Morgan fingerprint density at radius 1 is 0.963 bits per heavy atom. The standard InChI is InChI=1S/C22H23N3.C2H6/c1-3-16(2)18-11-6-7-13-20(18)22(24)25(15-23)21-14-8-10-17-9-4-5-12-19(17)21;1-2/h4-16,23-24H,3H2,1-2H3;1-2H3. The molecule has 3 heteroatoms. The van der Waals surface area contributed by atoms with Crippen molar-refractivity contribution in [2.75, 3.05) is 4.90 Å². The fourth-order valence-corrected chi connectivity index (χ4v) is 3.16. The van der Waals surface area contributed by atoms with Crippen LogP contribution in [-0.4, -0.2) is 12.2 Å². The number of amidine groups is 1. The molecule has 0 fully saturated rings. The molecule has 0 aliphatic heterocycles. The maximum atomic E-state index is 8.78. The minimum atomic E-state index is 0.335. The van der Waals surface area contributed by atoms with Crippen LogP contribution < -0.4 is 4.90 Å². The molecule has 0 heterocycles. The second-order valence-corrected chi connectivity index (χ2v) is 6.24. The number of hydrogen-bond acceptors (Lipinski definition) is 2. The summed E-state index contributed by atoms with van der Waals surface area (Å²) < 4.78 is 0. The molecule has 1 unspecified atom stereocenters. The van der Waals surface area contributed by atoms with Gasteiger partial charge in [-0.1, -0.05) is 88.4 Å². The molecular weight excluding hydrogens is 330 g/mol. The zero-order valence-corrected chi connectivity index (χ0v) is 16.7. The van der Waals surface area contributed by atoms with Crippen molar-refractivity contribution in [1.82, 2.24) is 0 Å². The smallest absolute Gasteiger partial charge is 0.138 e. The minimum absolute atomic E-state index is 0.335. The molecule has 1 atom stereocenters. The SMILES string of the molecule is CC.CCC(C)c1ccccc1C(=N)N(C=N)c1cccc2ccccc12. The van der Waals surface area contributed by atoms with E-state index in [9.17, 15) is 0 Å². The van der Waals surface area contributed by atoms with E-state index < -0.39 is 0 Å². The summed E-state index contributed by atoms with van der Waals surface area (Å²) in [5.41, 5.74) is 2.90. The monoisotopic (exact) mass is 359 g/mol. The molecule has 0 amide bonds. The predicted octanol–water partition coefficient (Wildman–Crippen LogP) is 6.82. The van der Waals surface area contributed by atoms with Crippen molar-refractivity contribution in [3.63, 3.8) is 0 Å². The van der Waals surface area contributed by atoms with Gasteiger partial charge < -0.3 is 0 Å². The van der Waals surface area contributed by atoms with Gasteiger partial charge in [-0.2, -0.15) is 0 Å². The highest BCUT2D eigenvalue weighted by molar-refractivity contribution is 6.21. The number of rotatable bonds is 5. The molecule has 0 radical (unpaired) electrons. The van der Waals surface area contributed by atoms with Crippen molar-refractivity contribution in [2.45, 2.75) is 40.0 Å². The fourth-order valence-electron chi connectivity index (χ4n) is 3.16. The van der Waals surface area contributed by atoms with Gasteiger partial charge in [0.1, 0.15) is 5.84 Å². The maximum Gasteiger partial charge on any atom is 0.138 e. The average Bonchev–Trinajstić information content (AvgIpc) is 2.75. The van der Waals surface area contributed by atoms with Crippen molar-refractivity contribution in [1.29, 1.82) is 10.8 Å². The first-order valence-corrected chi connectivity index (χ1v) is 9.62. The molecule has 0 aromatic heterocycles. The normalized spacial score (nSPS) is 11.3. The van der Waals surface area contributed by atoms with Crippen LogP contribution in [0.25, 0.3) is 10.8 Å². The van der Waals surface area contributed by atoms with Gasteiger partial charge in [-0.3, -0.25) is 15.7 Å². The molecule has 0 spiro atoms. The highest BCUT2D eigenvalue weighted by Crippen LogP contribution is 2.29. The number of nitrogens with zero attached hydrogens (tertiary/aromatic N) is 1. The lowest BCUT2D eigenvalue weighted by molar-refractivity contribution is 0.732. The summed E-state index contributed by atoms with van der Waals surface area (Å²) in [4.78, 5) is 1.66. The molecule has 0 saturated carbocycles. The quantitative estimate of drug-likeness (QED) is 0.381. The highest BCUT2D eigenvalue weighted by Gasteiger charge is 2.18. The molecule has 3 rings (SSSR count). The number of nitrogens with one attached hydrogen (secondary N) is 2. The van der Waals surface area contributed by atoms with E-state index in [0.29, 0.717) is 11.8 Å². The van der Waals surface area contributed by atoms with Crippen molar-refractivity contribution in [3.8, 4) is 0 Å². The summed E-state index contributed by atoms with van der Waals surface area (Å²) in [6.45, 7) is 8.34. The van der Waals surface area contributed by atoms with Crippen molar-refractivity contribution >= 4 is 28.6 Å². The summed E-state index contributed by atoms with van der Waals surface area (Å²) in [5.74, 6) is 0.707. The van der Waals surface area contributed by atoms with Gasteiger partial charge >= 0.3 is 0 Å². The van der Waals surface area contributed by atoms with Gasteiger partial charge in [0, 0.05) is 10.9 Å². The Morgan fingerprint density at radius 3 is 2.30 bits per heavy atom. The summed E-state index contributed by atoms with van der Waals surface area (Å²) >= 11 is 0. The Balaban J connectivity index is 0.00000126. The zero-order valence-electron chi connectivity index (χ0n) is 16.7. The van der Waals surface area contributed by atoms with Crippen LogP contribution in [0.1, 0.15) is 51.2 Å². The summed E-state index contributed by atoms with van der Waals surface area (Å²) in [5, 5.41) is 18.9. The first-order valence-electron chi connectivity index (χ1n) is 9.62. The van der Waals surface area contributed by atoms with Crippen LogP contribution in [-0.2, 0) is 0 Å². The first-order chi connectivity index (χ1) is 13.2. The Labute approximate surface area is 162 Å². The van der Waals surface area contributed by atoms with Gasteiger partial charge in [-0.25, -0.2) is 0 Å². The van der Waals surface area contributed by atoms with E-state index in [-0.39, 0.29) is 0 Å². The lowest BCUT2D eigenvalue weighted by Gasteiger charge is -2.24. The third-order valence-electron chi connectivity index (χ3n) is 4.76. The highest BCUT2D eigenvalue weighted by atomic mass is 15.2. The maximum absolute atomic E-state index is 8.78. The van der Waals surface area contributed by atoms with Crippen LogP contribution in [0.3, 0.4) is 0 Å². The van der Waals surface area contributed by atoms with Crippen LogP contribution in [0.2, 0.25) is 0 Å². The van der Waals surface area contributed by atoms with Gasteiger partial charge in [0.15, 0.2) is 0 Å². The van der Waals surface area contributed by atoms with E-state index in [0.717, 1.165) is 34.0 Å². The van der Waals surface area contributed by atoms with Crippen molar-refractivity contribution in [2.24, 2.45) is 0 Å². The number of benzene rings is 3. The van der Waals surface area contributed by atoms with Crippen LogP contribution >= 0.6 is 0 Å². The number of hydrogen-bond donors (Lipinski definition) is 2. The molecule has 0 aliphatic rings. The predicted molar refractivity (Wildman–Crippen MR) is 119 cm³/mol. The van der Waals surface area contributed by atoms with Crippen LogP contribution in [0.4, 0.5) is 5.69 Å². The molecule has 3 aromatic rings. The second kappa shape index (κ2) is 9.67. The third-order valence-corrected chi connectivity index (χ3v) is 4.76. The summed E-state index contributed by atoms with van der Waals surface area (Å²) in [7, 11) is 0. The van der Waals surface area contributed by atoms with Crippen molar-refractivity contribution in [3.05, 3.63) is 77.9 Å². The lowest BCUT2D eigenvalue weighted by atomic mass is 9.93. The molecule has 3 nitrogen and oxygen atoms in total. The van der Waals surface area contributed by atoms with Gasteiger partial charge in [0.2, 0.25) is 0 Å². The Hall–Kier alpha value is -2.94. The molecule has 0 saturated heterocycles. The lowest BCUT2D eigenvalue weighted by Crippen LogP contribution is -2.30. The fraction of sp³-hybridized carbons (Fsp3) is 0.250. The largest absolute Gasteiger partial charge is 0.291 e. The summed E-state index contributed by atoms with van der Waals surface area (Å²) in [6.07, 6.45) is 2.25. The zero-order chi connectivity index (χ0) is 19.8. The van der Waals surface area contributed by atoms with Gasteiger partial charge in [-0.05, 0) is 29.4 Å². The molecule has 2 N–H and O–H groups in total. The van der Waals surface area contributed by atoms with E-state index in [1.165, 1.54) is 6.34 Å². The molecule has 0 bridgehead atoms. The van der Waals surface area contributed by atoms with Crippen molar-refractivity contribution < 1.29 is 0 Å². The van der Waals surface area contributed by atoms with Gasteiger partial charge in [-0.15, -0.1) is 0 Å². The third kappa shape index (κ3) is 4.25. The van der Waals surface area contributed by atoms with E-state index in [4.69, 9.17) is 10.8 Å².